The number of halogens is 2. The lowest BCUT2D eigenvalue weighted by molar-refractivity contribution is -0.139. The van der Waals surface area contributed by atoms with Crippen molar-refractivity contribution in [3.05, 3.63) is 84.8 Å². The molecule has 0 unspecified atom stereocenters. The Morgan fingerprint density at radius 1 is 1.15 bits per heavy atom. The number of aliphatic hydroxyl groups excluding tert-OH is 1. The fraction of sp³-hybridized carbons (Fsp3) is 0.320. The van der Waals surface area contributed by atoms with E-state index in [9.17, 15) is 9.90 Å². The number of aromatic nitrogens is 3. The van der Waals surface area contributed by atoms with Gasteiger partial charge in [0, 0.05) is 44.4 Å². The van der Waals surface area contributed by atoms with E-state index in [0.29, 0.717) is 31.5 Å². The lowest BCUT2D eigenvalue weighted by Gasteiger charge is -2.27. The Bertz CT molecular complexity index is 1200. The molecule has 1 amide bonds. The van der Waals surface area contributed by atoms with Gasteiger partial charge in [0.2, 0.25) is 0 Å². The first kappa shape index (κ1) is 25.3. The van der Waals surface area contributed by atoms with Gasteiger partial charge in [0.1, 0.15) is 0 Å². The van der Waals surface area contributed by atoms with Crippen LogP contribution < -0.4 is 4.90 Å². The minimum atomic E-state index is -1.63. The van der Waals surface area contributed by atoms with E-state index >= 15 is 0 Å². The second-order valence-electron chi connectivity index (χ2n) is 8.40. The average molecular weight is 684 g/mol. The summed E-state index contributed by atoms with van der Waals surface area (Å²) in [7, 11) is 0. The fourth-order valence-corrected chi connectivity index (χ4v) is 5.02. The number of carbonyl (C=O) groups excluding carboxylic acids is 1. The number of anilines is 1. The zero-order valence-corrected chi connectivity index (χ0v) is 23.0. The molecule has 2 atom stereocenters. The van der Waals surface area contributed by atoms with Crippen LogP contribution in [0.1, 0.15) is 30.2 Å². The summed E-state index contributed by atoms with van der Waals surface area (Å²) in [6.45, 7) is 2.96. The van der Waals surface area contributed by atoms with Crippen molar-refractivity contribution >= 4 is 56.8 Å². The molecule has 2 heterocycles. The molecule has 178 valence electrons. The van der Waals surface area contributed by atoms with Crippen molar-refractivity contribution in [3.8, 4) is 0 Å². The van der Waals surface area contributed by atoms with E-state index in [1.165, 1.54) is 0 Å². The topological polar surface area (TPSA) is 91.5 Å². The molecule has 0 aliphatic carbocycles. The minimum absolute atomic E-state index is 0.0454. The van der Waals surface area contributed by atoms with E-state index in [4.69, 9.17) is 5.11 Å². The number of fused-ring (bicyclic) bond motifs is 1. The zero-order chi connectivity index (χ0) is 24.3. The van der Waals surface area contributed by atoms with Crippen LogP contribution >= 0.6 is 45.2 Å². The van der Waals surface area contributed by atoms with Crippen LogP contribution in [0.3, 0.4) is 0 Å². The number of hydrogen-bond donors (Lipinski definition) is 2. The van der Waals surface area contributed by atoms with Gasteiger partial charge in [-0.3, -0.25) is 9.48 Å². The quantitative estimate of drug-likeness (QED) is 0.263. The summed E-state index contributed by atoms with van der Waals surface area (Å²) in [5, 5.41) is 28.9. The molecule has 1 aliphatic rings. The van der Waals surface area contributed by atoms with Crippen LogP contribution in [0.15, 0.2) is 60.8 Å². The minimum Gasteiger partial charge on any atom is -0.396 e. The molecule has 34 heavy (non-hydrogen) atoms. The first-order valence-electron chi connectivity index (χ1n) is 11.1. The van der Waals surface area contributed by atoms with Crippen molar-refractivity contribution in [1.29, 1.82) is 0 Å². The van der Waals surface area contributed by atoms with Gasteiger partial charge in [-0.05, 0) is 87.5 Å². The molecule has 0 radical (unpaired) electrons. The van der Waals surface area contributed by atoms with Crippen molar-refractivity contribution in [3.63, 3.8) is 0 Å². The van der Waals surface area contributed by atoms with E-state index in [-0.39, 0.29) is 12.5 Å². The summed E-state index contributed by atoms with van der Waals surface area (Å²) in [6.07, 6.45) is 6.86. The lowest BCUT2D eigenvalue weighted by atomic mass is 9.83. The van der Waals surface area contributed by atoms with Crippen LogP contribution in [0.5, 0.6) is 0 Å². The fourth-order valence-electron chi connectivity index (χ4n) is 4.17. The van der Waals surface area contributed by atoms with Crippen molar-refractivity contribution < 1.29 is 15.0 Å². The maximum atomic E-state index is 13.6. The molecule has 3 aromatic rings. The molecule has 2 aromatic carbocycles. The summed E-state index contributed by atoms with van der Waals surface area (Å²) in [4.78, 5) is 15.3. The van der Waals surface area contributed by atoms with Gasteiger partial charge < -0.3 is 15.1 Å². The van der Waals surface area contributed by atoms with Crippen molar-refractivity contribution in [2.75, 3.05) is 11.5 Å². The zero-order valence-electron chi connectivity index (χ0n) is 18.7. The molecule has 1 aliphatic heterocycles. The third-order valence-electron chi connectivity index (χ3n) is 6.05. The van der Waals surface area contributed by atoms with E-state index in [2.05, 4.69) is 55.5 Å². The molecule has 0 saturated heterocycles. The average Bonchev–Trinajstić information content (AvgIpc) is 3.35. The van der Waals surface area contributed by atoms with Gasteiger partial charge in [-0.25, -0.2) is 0 Å². The number of rotatable bonds is 9. The number of allylic oxidation sites excluding steroid dienone is 1. The number of aliphatic hydroxyl groups is 2. The van der Waals surface area contributed by atoms with Gasteiger partial charge in [0.25, 0.3) is 5.91 Å². The lowest BCUT2D eigenvalue weighted by Crippen LogP contribution is -2.44. The smallest absolute Gasteiger partial charge is 0.264 e. The van der Waals surface area contributed by atoms with Crippen LogP contribution in [0, 0.1) is 13.1 Å². The summed E-state index contributed by atoms with van der Waals surface area (Å²) >= 11 is 4.47. The molecule has 0 fully saturated rings. The predicted octanol–water partition coefficient (Wildman–Crippen LogP) is 4.04. The first-order valence-corrected chi connectivity index (χ1v) is 13.2. The summed E-state index contributed by atoms with van der Waals surface area (Å²) < 4.78 is 3.84. The summed E-state index contributed by atoms with van der Waals surface area (Å²) in [5.74, 6) is -0.718. The largest absolute Gasteiger partial charge is 0.396 e. The highest BCUT2D eigenvalue weighted by Gasteiger charge is 2.52. The number of aryl methyl sites for hydroxylation is 1. The Labute approximate surface area is 226 Å². The Morgan fingerprint density at radius 2 is 1.88 bits per heavy atom. The second kappa shape index (κ2) is 10.8. The standard InChI is InChI=1S/C25H26I2N4O3/c1-17(4-2-3-12-30-16-21(11-13-32)28-29-30)25(34)22-14-20(27)9-10-23(22)31(24(25)33)15-18-5-7-19(26)8-6-18/h2,4-10,14,16-17,32,34H,3,11-13,15H2,1H3/b4-2+/t17-,25+/m1/s1. The maximum absolute atomic E-state index is 13.6. The van der Waals surface area contributed by atoms with Crippen LogP contribution in [0.4, 0.5) is 5.69 Å². The van der Waals surface area contributed by atoms with Gasteiger partial charge in [-0.15, -0.1) is 5.10 Å². The number of carbonyl (C=O) groups is 1. The highest BCUT2D eigenvalue weighted by Crippen LogP contribution is 2.46. The normalized spacial score (nSPS) is 18.6. The van der Waals surface area contributed by atoms with Gasteiger partial charge in [0.15, 0.2) is 5.60 Å². The Morgan fingerprint density at radius 3 is 2.62 bits per heavy atom. The highest BCUT2D eigenvalue weighted by molar-refractivity contribution is 14.1. The van der Waals surface area contributed by atoms with Gasteiger partial charge in [-0.2, -0.15) is 0 Å². The van der Waals surface area contributed by atoms with E-state index in [0.717, 1.165) is 24.1 Å². The van der Waals surface area contributed by atoms with Crippen LogP contribution in [0.2, 0.25) is 0 Å². The van der Waals surface area contributed by atoms with E-state index in [1.54, 1.807) is 9.58 Å². The Kier molecular flexibility index (Phi) is 8.05. The van der Waals surface area contributed by atoms with Gasteiger partial charge >= 0.3 is 0 Å². The highest BCUT2D eigenvalue weighted by atomic mass is 127. The van der Waals surface area contributed by atoms with Crippen LogP contribution in [-0.4, -0.2) is 37.7 Å². The number of amides is 1. The van der Waals surface area contributed by atoms with Crippen molar-refractivity contribution in [2.45, 2.75) is 38.5 Å². The molecule has 4 rings (SSSR count). The second-order valence-corrected chi connectivity index (χ2v) is 10.9. The number of nitrogens with zero attached hydrogens (tertiary/aromatic N) is 4. The molecule has 1 aromatic heterocycles. The third kappa shape index (κ3) is 5.21. The predicted molar refractivity (Wildman–Crippen MR) is 147 cm³/mol. The van der Waals surface area contributed by atoms with Crippen molar-refractivity contribution in [2.24, 2.45) is 5.92 Å². The monoisotopic (exact) mass is 684 g/mol. The molecular weight excluding hydrogens is 658 g/mol. The third-order valence-corrected chi connectivity index (χ3v) is 7.44. The van der Waals surface area contributed by atoms with Gasteiger partial charge in [0.05, 0.1) is 17.9 Å². The Balaban J connectivity index is 1.52. The molecule has 0 bridgehead atoms. The van der Waals surface area contributed by atoms with Gasteiger partial charge in [-0.1, -0.05) is 36.4 Å². The summed E-state index contributed by atoms with van der Waals surface area (Å²) in [6, 6.07) is 13.9. The first-order chi connectivity index (χ1) is 16.3. The molecule has 2 N–H and O–H groups in total. The van der Waals surface area contributed by atoms with Crippen molar-refractivity contribution in [1.82, 2.24) is 15.0 Å². The van der Waals surface area contributed by atoms with E-state index < -0.39 is 11.5 Å². The SMILES string of the molecule is C[C@H](/C=C/CCn1cc(CCO)nn1)[C@@]1(O)C(=O)N(Cc2ccc(I)cc2)c2ccc(I)cc21. The summed E-state index contributed by atoms with van der Waals surface area (Å²) in [5.41, 5.74) is 1.55. The van der Waals surface area contributed by atoms with Crippen LogP contribution in [0.25, 0.3) is 0 Å². The van der Waals surface area contributed by atoms with E-state index in [1.807, 2.05) is 67.7 Å². The molecular formula is C25H26I2N4O3. The number of hydrogen-bond acceptors (Lipinski definition) is 5. The molecule has 9 heteroatoms. The molecule has 0 spiro atoms. The molecule has 7 nitrogen and oxygen atoms in total. The molecule has 0 saturated carbocycles. The number of benzene rings is 2. The Hall–Kier alpha value is -1.83. The maximum Gasteiger partial charge on any atom is 0.264 e. The van der Waals surface area contributed by atoms with Crippen LogP contribution in [-0.2, 0) is 29.9 Å².